The molecule has 1 saturated heterocycles. The van der Waals surface area contributed by atoms with Crippen molar-refractivity contribution in [3.63, 3.8) is 0 Å². The summed E-state index contributed by atoms with van der Waals surface area (Å²) in [5, 5.41) is 0. The van der Waals surface area contributed by atoms with Crippen LogP contribution in [0, 0.1) is 6.92 Å². The summed E-state index contributed by atoms with van der Waals surface area (Å²) < 4.78 is 23.5. The molecule has 2 heterocycles. The van der Waals surface area contributed by atoms with Crippen LogP contribution in [-0.2, 0) is 9.84 Å². The number of hydrogen-bond acceptors (Lipinski definition) is 5. The van der Waals surface area contributed by atoms with E-state index in [-0.39, 0.29) is 23.5 Å². The maximum absolute atomic E-state index is 13.1. The number of benzene rings is 1. The Labute approximate surface area is 160 Å². The van der Waals surface area contributed by atoms with E-state index in [4.69, 9.17) is 0 Å². The van der Waals surface area contributed by atoms with E-state index in [1.54, 1.807) is 23.4 Å². The van der Waals surface area contributed by atoms with Crippen LogP contribution in [-0.4, -0.2) is 50.4 Å². The number of hydrogen-bond donors (Lipinski definition) is 0. The number of carbonyl (C=O) groups excluding carboxylic acids is 1. The summed E-state index contributed by atoms with van der Waals surface area (Å²) in [6.45, 7) is 4.48. The molecule has 1 atom stereocenters. The SMILES string of the molecule is CCN(C(=O)c1cncc(N(C)C2CCS(=O)(=O)C2)c1)c1cccc(C)c1. The van der Waals surface area contributed by atoms with Crippen molar-refractivity contribution < 1.29 is 13.2 Å². The summed E-state index contributed by atoms with van der Waals surface area (Å²) in [6.07, 6.45) is 3.83. The maximum Gasteiger partial charge on any atom is 0.259 e. The van der Waals surface area contributed by atoms with Gasteiger partial charge in [-0.15, -0.1) is 0 Å². The Bertz CT molecular complexity index is 943. The van der Waals surface area contributed by atoms with Crippen LogP contribution in [0.25, 0.3) is 0 Å². The highest BCUT2D eigenvalue weighted by molar-refractivity contribution is 7.91. The fourth-order valence-electron chi connectivity index (χ4n) is 3.42. The molecule has 1 aliphatic heterocycles. The number of pyridine rings is 1. The molecule has 144 valence electrons. The summed E-state index contributed by atoms with van der Waals surface area (Å²) in [7, 11) is -1.11. The molecular weight excluding hydrogens is 362 g/mol. The quantitative estimate of drug-likeness (QED) is 0.789. The largest absolute Gasteiger partial charge is 0.369 e. The van der Waals surface area contributed by atoms with Crippen LogP contribution in [0.3, 0.4) is 0 Å². The molecule has 1 fully saturated rings. The number of rotatable bonds is 5. The first-order chi connectivity index (χ1) is 12.8. The van der Waals surface area contributed by atoms with Gasteiger partial charge in [-0.1, -0.05) is 12.1 Å². The fourth-order valence-corrected chi connectivity index (χ4v) is 5.20. The van der Waals surface area contributed by atoms with Crippen LogP contribution in [0.2, 0.25) is 0 Å². The second-order valence-electron chi connectivity index (χ2n) is 6.99. The topological polar surface area (TPSA) is 70.6 Å². The smallest absolute Gasteiger partial charge is 0.259 e. The summed E-state index contributed by atoms with van der Waals surface area (Å²) in [5.41, 5.74) is 3.18. The summed E-state index contributed by atoms with van der Waals surface area (Å²) in [4.78, 5) is 20.9. The van der Waals surface area contributed by atoms with E-state index in [2.05, 4.69) is 4.98 Å². The normalized spacial score (nSPS) is 18.3. The van der Waals surface area contributed by atoms with Crippen molar-refractivity contribution >= 4 is 27.1 Å². The first-order valence-electron chi connectivity index (χ1n) is 9.07. The third-order valence-corrected chi connectivity index (χ3v) is 6.76. The first-order valence-corrected chi connectivity index (χ1v) is 10.9. The molecule has 0 aliphatic carbocycles. The number of aryl methyl sites for hydroxylation is 1. The Balaban J connectivity index is 1.85. The lowest BCUT2D eigenvalue weighted by molar-refractivity contribution is 0.0988. The molecule has 2 aromatic rings. The molecule has 0 N–H and O–H groups in total. The molecule has 0 radical (unpaired) electrons. The minimum atomic E-state index is -2.97. The van der Waals surface area contributed by atoms with Crippen LogP contribution >= 0.6 is 0 Å². The highest BCUT2D eigenvalue weighted by atomic mass is 32.2. The van der Waals surface area contributed by atoms with Gasteiger partial charge in [-0.2, -0.15) is 0 Å². The monoisotopic (exact) mass is 387 g/mol. The average molecular weight is 388 g/mol. The van der Waals surface area contributed by atoms with Crippen LogP contribution in [0.4, 0.5) is 11.4 Å². The highest BCUT2D eigenvalue weighted by Crippen LogP contribution is 2.24. The molecule has 7 heteroatoms. The van der Waals surface area contributed by atoms with Gasteiger partial charge in [0.15, 0.2) is 9.84 Å². The van der Waals surface area contributed by atoms with Gasteiger partial charge in [0.05, 0.1) is 29.0 Å². The zero-order chi connectivity index (χ0) is 19.6. The van der Waals surface area contributed by atoms with E-state index in [9.17, 15) is 13.2 Å². The summed E-state index contributed by atoms with van der Waals surface area (Å²) in [5.74, 6) is 0.238. The zero-order valence-electron chi connectivity index (χ0n) is 15.9. The van der Waals surface area contributed by atoms with Gasteiger partial charge in [-0.05, 0) is 44.0 Å². The van der Waals surface area contributed by atoms with Crippen molar-refractivity contribution in [1.29, 1.82) is 0 Å². The van der Waals surface area contributed by atoms with Crippen molar-refractivity contribution in [3.8, 4) is 0 Å². The molecule has 27 heavy (non-hydrogen) atoms. The van der Waals surface area contributed by atoms with Gasteiger partial charge in [0.25, 0.3) is 5.91 Å². The fraction of sp³-hybridized carbons (Fsp3) is 0.400. The Hall–Kier alpha value is -2.41. The number of anilines is 2. The molecule has 0 spiro atoms. The minimum Gasteiger partial charge on any atom is -0.369 e. The Kier molecular flexibility index (Phi) is 5.51. The molecule has 1 aromatic heterocycles. The first kappa shape index (κ1) is 19.4. The molecular formula is C20H25N3O3S. The average Bonchev–Trinajstić information content (AvgIpc) is 3.01. The van der Waals surface area contributed by atoms with E-state index in [0.29, 0.717) is 18.5 Å². The van der Waals surface area contributed by atoms with Crippen LogP contribution in [0.5, 0.6) is 0 Å². The Morgan fingerprint density at radius 1 is 1.22 bits per heavy atom. The molecule has 1 aliphatic rings. The standard InChI is InChI=1S/C20H25N3O3S/c1-4-23(17-7-5-6-15(2)10-17)20(24)16-11-19(13-21-12-16)22(3)18-8-9-27(25,26)14-18/h5-7,10-13,18H,4,8-9,14H2,1-3H3. The molecule has 0 saturated carbocycles. The second-order valence-corrected chi connectivity index (χ2v) is 9.22. The van der Waals surface area contributed by atoms with Gasteiger partial charge in [-0.25, -0.2) is 8.42 Å². The van der Waals surface area contributed by atoms with Gasteiger partial charge in [-0.3, -0.25) is 9.78 Å². The number of nitrogens with zero attached hydrogens (tertiary/aromatic N) is 3. The maximum atomic E-state index is 13.1. The van der Waals surface area contributed by atoms with Gasteiger partial charge in [0.1, 0.15) is 0 Å². The van der Waals surface area contributed by atoms with E-state index in [1.165, 1.54) is 0 Å². The van der Waals surface area contributed by atoms with Crippen molar-refractivity contribution in [1.82, 2.24) is 4.98 Å². The molecule has 1 unspecified atom stereocenters. The molecule has 3 rings (SSSR count). The van der Waals surface area contributed by atoms with Gasteiger partial charge in [0, 0.05) is 31.5 Å². The van der Waals surface area contributed by atoms with Crippen LogP contribution in [0.1, 0.15) is 29.3 Å². The number of amides is 1. The predicted molar refractivity (Wildman–Crippen MR) is 108 cm³/mol. The third-order valence-electron chi connectivity index (χ3n) is 5.01. The van der Waals surface area contributed by atoms with E-state index >= 15 is 0 Å². The van der Waals surface area contributed by atoms with E-state index in [1.807, 2.05) is 50.1 Å². The van der Waals surface area contributed by atoms with Crippen molar-refractivity contribution in [2.45, 2.75) is 26.3 Å². The molecule has 1 aromatic carbocycles. The summed E-state index contributed by atoms with van der Waals surface area (Å²) in [6, 6.07) is 9.54. The van der Waals surface area contributed by atoms with Gasteiger partial charge >= 0.3 is 0 Å². The number of sulfone groups is 1. The molecule has 0 bridgehead atoms. The lowest BCUT2D eigenvalue weighted by Crippen LogP contribution is -2.33. The minimum absolute atomic E-state index is 0.0822. The Morgan fingerprint density at radius 2 is 2.00 bits per heavy atom. The summed E-state index contributed by atoms with van der Waals surface area (Å²) >= 11 is 0. The predicted octanol–water partition coefficient (Wildman–Crippen LogP) is 2.68. The van der Waals surface area contributed by atoms with Crippen LogP contribution in [0.15, 0.2) is 42.7 Å². The van der Waals surface area contributed by atoms with Gasteiger partial charge in [0.2, 0.25) is 0 Å². The van der Waals surface area contributed by atoms with E-state index < -0.39 is 9.84 Å². The second kappa shape index (κ2) is 7.68. The van der Waals surface area contributed by atoms with E-state index in [0.717, 1.165) is 16.9 Å². The zero-order valence-corrected chi connectivity index (χ0v) is 16.7. The molecule has 1 amide bonds. The lowest BCUT2D eigenvalue weighted by atomic mass is 10.1. The van der Waals surface area contributed by atoms with Crippen molar-refractivity contribution in [3.05, 3.63) is 53.9 Å². The number of carbonyl (C=O) groups is 1. The highest BCUT2D eigenvalue weighted by Gasteiger charge is 2.31. The van der Waals surface area contributed by atoms with Crippen molar-refractivity contribution in [2.75, 3.05) is 34.9 Å². The molecule has 6 nitrogen and oxygen atoms in total. The van der Waals surface area contributed by atoms with Crippen molar-refractivity contribution in [2.24, 2.45) is 0 Å². The van der Waals surface area contributed by atoms with Gasteiger partial charge < -0.3 is 9.80 Å². The lowest BCUT2D eigenvalue weighted by Gasteiger charge is -2.26. The third kappa shape index (κ3) is 4.30. The number of aromatic nitrogens is 1. The Morgan fingerprint density at radius 3 is 2.63 bits per heavy atom. The van der Waals surface area contributed by atoms with Crippen LogP contribution < -0.4 is 9.80 Å².